The fraction of sp³-hybridized carbons (Fsp3) is 0.409. The van der Waals surface area contributed by atoms with Crippen LogP contribution in [0.2, 0.25) is 0 Å². The van der Waals surface area contributed by atoms with Gasteiger partial charge in [-0.25, -0.2) is 9.97 Å². The number of carbonyl (C=O) groups excluding carboxylic acids is 1. The minimum atomic E-state index is 0.0582. The highest BCUT2D eigenvalue weighted by Crippen LogP contribution is 2.40. The average molecular weight is 380 g/mol. The number of rotatable bonds is 4. The Kier molecular flexibility index (Phi) is 4.50. The first-order valence-electron chi connectivity index (χ1n) is 9.44. The van der Waals surface area contributed by atoms with Crippen LogP contribution in [-0.2, 0) is 6.54 Å². The van der Waals surface area contributed by atoms with Crippen molar-refractivity contribution in [1.82, 2.24) is 14.9 Å². The van der Waals surface area contributed by atoms with E-state index < -0.39 is 0 Å². The molecule has 2 aromatic heterocycles. The van der Waals surface area contributed by atoms with Crippen LogP contribution in [0.4, 0.5) is 0 Å². The number of nitrogens with zero attached hydrogens (tertiary/aromatic N) is 3. The summed E-state index contributed by atoms with van der Waals surface area (Å²) in [6.45, 7) is 8.85. The Morgan fingerprint density at radius 2 is 1.93 bits per heavy atom. The van der Waals surface area contributed by atoms with E-state index in [1.165, 1.54) is 40.9 Å². The lowest BCUT2D eigenvalue weighted by molar-refractivity contribution is 0.0789. The van der Waals surface area contributed by atoms with Gasteiger partial charge >= 0.3 is 0 Å². The molecule has 0 aliphatic heterocycles. The van der Waals surface area contributed by atoms with E-state index in [9.17, 15) is 4.79 Å². The third-order valence-corrected chi connectivity index (χ3v) is 6.55. The SMILES string of the molecule is Cc1ccc(CN(C)C(=O)c2sc3nc(C4CC4)nc(C)c3c2C)c(C)c1. The maximum atomic E-state index is 13.1. The van der Waals surface area contributed by atoms with Crippen LogP contribution in [-0.4, -0.2) is 27.8 Å². The third kappa shape index (κ3) is 3.36. The van der Waals surface area contributed by atoms with Gasteiger partial charge in [0.2, 0.25) is 0 Å². The van der Waals surface area contributed by atoms with Gasteiger partial charge in [0.25, 0.3) is 5.91 Å². The molecule has 0 radical (unpaired) electrons. The molecule has 0 saturated heterocycles. The molecule has 1 fully saturated rings. The fourth-order valence-electron chi connectivity index (χ4n) is 3.61. The number of thiophene rings is 1. The van der Waals surface area contributed by atoms with Gasteiger partial charge in [-0.1, -0.05) is 23.8 Å². The molecule has 0 unspecified atom stereocenters. The molecule has 1 saturated carbocycles. The summed E-state index contributed by atoms with van der Waals surface area (Å²) in [6.07, 6.45) is 2.36. The van der Waals surface area contributed by atoms with Gasteiger partial charge in [0, 0.05) is 24.9 Å². The first-order valence-corrected chi connectivity index (χ1v) is 10.3. The predicted molar refractivity (Wildman–Crippen MR) is 111 cm³/mol. The van der Waals surface area contributed by atoms with Crippen LogP contribution in [0.5, 0.6) is 0 Å². The molecule has 5 heteroatoms. The van der Waals surface area contributed by atoms with Crippen LogP contribution in [0, 0.1) is 27.7 Å². The maximum Gasteiger partial charge on any atom is 0.264 e. The highest BCUT2D eigenvalue weighted by molar-refractivity contribution is 7.20. The summed E-state index contributed by atoms with van der Waals surface area (Å²) in [5.74, 6) is 1.52. The van der Waals surface area contributed by atoms with Crippen LogP contribution >= 0.6 is 11.3 Å². The van der Waals surface area contributed by atoms with Crippen molar-refractivity contribution in [2.45, 2.75) is 53.0 Å². The van der Waals surface area contributed by atoms with Gasteiger partial charge < -0.3 is 4.90 Å². The van der Waals surface area contributed by atoms with Crippen molar-refractivity contribution < 1.29 is 4.79 Å². The van der Waals surface area contributed by atoms with Gasteiger partial charge in [0.1, 0.15) is 10.7 Å². The number of hydrogen-bond acceptors (Lipinski definition) is 4. The molecule has 1 aromatic carbocycles. The van der Waals surface area contributed by atoms with E-state index in [-0.39, 0.29) is 5.91 Å². The molecule has 0 spiro atoms. The first-order chi connectivity index (χ1) is 12.8. The molecule has 0 bridgehead atoms. The Labute approximate surface area is 164 Å². The quantitative estimate of drug-likeness (QED) is 0.635. The minimum Gasteiger partial charge on any atom is -0.337 e. The highest BCUT2D eigenvalue weighted by Gasteiger charge is 2.29. The molecule has 4 nitrogen and oxygen atoms in total. The molecule has 1 aliphatic carbocycles. The molecular weight excluding hydrogens is 354 g/mol. The minimum absolute atomic E-state index is 0.0582. The predicted octanol–water partition coefficient (Wildman–Crippen LogP) is 5.07. The molecule has 27 heavy (non-hydrogen) atoms. The van der Waals surface area contributed by atoms with Gasteiger partial charge in [-0.05, 0) is 57.2 Å². The normalized spacial score (nSPS) is 14.0. The van der Waals surface area contributed by atoms with Gasteiger partial charge in [0.15, 0.2) is 0 Å². The average Bonchev–Trinajstić information content (AvgIpc) is 3.41. The van der Waals surface area contributed by atoms with Gasteiger partial charge in [-0.2, -0.15) is 0 Å². The van der Waals surface area contributed by atoms with Crippen molar-refractivity contribution in [2.24, 2.45) is 0 Å². The summed E-state index contributed by atoms with van der Waals surface area (Å²) >= 11 is 1.51. The number of hydrogen-bond donors (Lipinski definition) is 0. The second kappa shape index (κ2) is 6.71. The van der Waals surface area contributed by atoms with E-state index in [1.807, 2.05) is 20.9 Å². The smallest absolute Gasteiger partial charge is 0.264 e. The van der Waals surface area contributed by atoms with E-state index in [1.54, 1.807) is 4.90 Å². The van der Waals surface area contributed by atoms with Gasteiger partial charge in [0.05, 0.1) is 10.6 Å². The van der Waals surface area contributed by atoms with E-state index in [4.69, 9.17) is 9.97 Å². The summed E-state index contributed by atoms with van der Waals surface area (Å²) in [5, 5.41) is 1.05. The lowest BCUT2D eigenvalue weighted by atomic mass is 10.1. The van der Waals surface area contributed by atoms with Crippen LogP contribution < -0.4 is 0 Å². The molecule has 1 amide bonds. The lowest BCUT2D eigenvalue weighted by Crippen LogP contribution is -2.26. The van der Waals surface area contributed by atoms with E-state index in [0.717, 1.165) is 32.2 Å². The number of fused-ring (bicyclic) bond motifs is 1. The molecule has 0 N–H and O–H groups in total. The summed E-state index contributed by atoms with van der Waals surface area (Å²) in [7, 11) is 1.87. The zero-order valence-corrected chi connectivity index (χ0v) is 17.4. The van der Waals surface area contributed by atoms with E-state index in [0.29, 0.717) is 12.5 Å². The summed E-state index contributed by atoms with van der Waals surface area (Å²) in [4.78, 5) is 26.1. The molecular formula is C22H25N3OS. The highest BCUT2D eigenvalue weighted by atomic mass is 32.1. The summed E-state index contributed by atoms with van der Waals surface area (Å²) in [6, 6.07) is 6.38. The Balaban J connectivity index is 1.65. The van der Waals surface area contributed by atoms with Crippen molar-refractivity contribution in [1.29, 1.82) is 0 Å². The van der Waals surface area contributed by atoms with Crippen LogP contribution in [0.15, 0.2) is 18.2 Å². The van der Waals surface area contributed by atoms with Crippen LogP contribution in [0.3, 0.4) is 0 Å². The maximum absolute atomic E-state index is 13.1. The molecule has 2 heterocycles. The van der Waals surface area contributed by atoms with Crippen LogP contribution in [0.25, 0.3) is 10.2 Å². The van der Waals surface area contributed by atoms with Crippen molar-refractivity contribution >= 4 is 27.5 Å². The second-order valence-electron chi connectivity index (χ2n) is 7.77. The Morgan fingerprint density at radius 3 is 2.59 bits per heavy atom. The first kappa shape index (κ1) is 18.1. The molecule has 3 aromatic rings. The zero-order chi connectivity index (χ0) is 19.3. The molecule has 1 aliphatic rings. The molecule has 140 valence electrons. The van der Waals surface area contributed by atoms with Crippen molar-refractivity contribution in [3.63, 3.8) is 0 Å². The Morgan fingerprint density at radius 1 is 1.19 bits per heavy atom. The van der Waals surface area contributed by atoms with Crippen molar-refractivity contribution in [3.8, 4) is 0 Å². The third-order valence-electron chi connectivity index (χ3n) is 5.38. The van der Waals surface area contributed by atoms with Gasteiger partial charge in [-0.3, -0.25) is 4.79 Å². The number of amides is 1. The van der Waals surface area contributed by atoms with E-state index in [2.05, 4.69) is 32.0 Å². The molecule has 0 atom stereocenters. The summed E-state index contributed by atoms with van der Waals surface area (Å²) in [5.41, 5.74) is 5.64. The summed E-state index contributed by atoms with van der Waals surface area (Å²) < 4.78 is 0. The van der Waals surface area contributed by atoms with E-state index >= 15 is 0 Å². The number of aryl methyl sites for hydroxylation is 4. The lowest BCUT2D eigenvalue weighted by Gasteiger charge is -2.18. The Hall–Kier alpha value is -2.27. The van der Waals surface area contributed by atoms with Gasteiger partial charge in [-0.15, -0.1) is 11.3 Å². The second-order valence-corrected chi connectivity index (χ2v) is 8.77. The number of benzene rings is 1. The topological polar surface area (TPSA) is 46.1 Å². The molecule has 4 rings (SSSR count). The number of aromatic nitrogens is 2. The van der Waals surface area contributed by atoms with Crippen molar-refractivity contribution in [2.75, 3.05) is 7.05 Å². The monoisotopic (exact) mass is 379 g/mol. The van der Waals surface area contributed by atoms with Crippen molar-refractivity contribution in [3.05, 3.63) is 56.8 Å². The number of carbonyl (C=O) groups is 1. The standard InChI is InChI=1S/C22H25N3OS/c1-12-6-7-17(13(2)10-12)11-25(5)22(26)19-14(3)18-15(4)23-20(16-8-9-16)24-21(18)27-19/h6-7,10,16H,8-9,11H2,1-5H3. The zero-order valence-electron chi connectivity index (χ0n) is 16.6. The fourth-order valence-corrected chi connectivity index (χ4v) is 4.85. The Bertz CT molecular complexity index is 1050. The van der Waals surface area contributed by atoms with Crippen LogP contribution in [0.1, 0.15) is 62.2 Å². The largest absolute Gasteiger partial charge is 0.337 e.